The number of amides is 1. The predicted molar refractivity (Wildman–Crippen MR) is 131 cm³/mol. The van der Waals surface area contributed by atoms with E-state index >= 15 is 0 Å². The van der Waals surface area contributed by atoms with Crippen molar-refractivity contribution in [2.45, 2.75) is 6.54 Å². The quantitative estimate of drug-likeness (QED) is 0.327. The summed E-state index contributed by atoms with van der Waals surface area (Å²) in [5.74, 6) is 0.315. The molecule has 0 bridgehead atoms. The van der Waals surface area contributed by atoms with E-state index in [0.717, 1.165) is 42.3 Å². The molecule has 0 aliphatic carbocycles. The second-order valence-electron chi connectivity index (χ2n) is 7.68. The van der Waals surface area contributed by atoms with Crippen LogP contribution in [0.15, 0.2) is 71.8 Å². The van der Waals surface area contributed by atoms with Gasteiger partial charge >= 0.3 is 0 Å². The topological polar surface area (TPSA) is 97.5 Å². The molecule has 3 heterocycles. The van der Waals surface area contributed by atoms with Crippen LogP contribution in [0, 0.1) is 0 Å². The molecule has 5 rings (SSSR count). The molecule has 1 saturated heterocycles. The van der Waals surface area contributed by atoms with Gasteiger partial charge < -0.3 is 9.64 Å². The molecule has 0 spiro atoms. The molecule has 9 nitrogen and oxygen atoms in total. The molecule has 2 aromatic heterocycles. The summed E-state index contributed by atoms with van der Waals surface area (Å²) in [5, 5.41) is 17.9. The van der Waals surface area contributed by atoms with Crippen LogP contribution in [-0.4, -0.2) is 58.6 Å². The van der Waals surface area contributed by atoms with E-state index in [1.165, 1.54) is 9.80 Å². The average molecular weight is 474 g/mol. The van der Waals surface area contributed by atoms with Gasteiger partial charge in [-0.3, -0.25) is 4.79 Å². The summed E-state index contributed by atoms with van der Waals surface area (Å²) in [6.45, 7) is 3.75. The normalized spacial score (nSPS) is 13.9. The van der Waals surface area contributed by atoms with E-state index in [-0.39, 0.29) is 5.91 Å². The molecule has 172 valence electrons. The number of hydrogen-bond donors (Lipinski definition) is 1. The SMILES string of the molecule is O=C(N/N=C\c1ccc(N2CCOCC2)s1)c1ccc(Cn2nnc(-c3ccccc3)n2)cc1. The Bertz CT molecular complexity index is 1260. The number of aromatic nitrogens is 4. The van der Waals surface area contributed by atoms with E-state index in [2.05, 4.69) is 36.9 Å². The third-order valence-electron chi connectivity index (χ3n) is 5.32. The molecule has 0 radical (unpaired) electrons. The van der Waals surface area contributed by atoms with Crippen LogP contribution in [0.3, 0.4) is 0 Å². The van der Waals surface area contributed by atoms with Gasteiger partial charge in [-0.1, -0.05) is 42.5 Å². The van der Waals surface area contributed by atoms with Crippen LogP contribution in [0.2, 0.25) is 0 Å². The Kier molecular flexibility index (Phi) is 6.68. The summed E-state index contributed by atoms with van der Waals surface area (Å²) in [7, 11) is 0. The summed E-state index contributed by atoms with van der Waals surface area (Å²) in [6, 6.07) is 21.1. The lowest BCUT2D eigenvalue weighted by Gasteiger charge is -2.27. The number of tetrazole rings is 1. The number of ether oxygens (including phenoxy) is 1. The number of hydrazone groups is 1. The number of carbonyl (C=O) groups excluding carboxylic acids is 1. The lowest BCUT2D eigenvalue weighted by Crippen LogP contribution is -2.35. The van der Waals surface area contributed by atoms with Crippen molar-refractivity contribution in [1.29, 1.82) is 0 Å². The van der Waals surface area contributed by atoms with Gasteiger partial charge in [0.1, 0.15) is 0 Å². The zero-order valence-electron chi connectivity index (χ0n) is 18.4. The van der Waals surface area contributed by atoms with Gasteiger partial charge in [-0.15, -0.1) is 21.5 Å². The number of nitrogens with zero attached hydrogens (tertiary/aromatic N) is 6. The van der Waals surface area contributed by atoms with E-state index in [4.69, 9.17) is 4.74 Å². The van der Waals surface area contributed by atoms with Gasteiger partial charge in [0, 0.05) is 29.1 Å². The van der Waals surface area contributed by atoms with Crippen LogP contribution in [0.25, 0.3) is 11.4 Å². The highest BCUT2D eigenvalue weighted by atomic mass is 32.1. The van der Waals surface area contributed by atoms with Crippen molar-refractivity contribution in [3.05, 3.63) is 82.7 Å². The minimum absolute atomic E-state index is 0.266. The fourth-order valence-electron chi connectivity index (χ4n) is 3.52. The average Bonchev–Trinajstić information content (AvgIpc) is 3.56. The Labute approximate surface area is 200 Å². The number of hydrogen-bond acceptors (Lipinski definition) is 8. The zero-order chi connectivity index (χ0) is 23.2. The Morgan fingerprint density at radius 1 is 1.06 bits per heavy atom. The van der Waals surface area contributed by atoms with Crippen molar-refractivity contribution >= 4 is 28.5 Å². The standard InChI is InChI=1S/C24H23N7O2S/c32-24(27-25-16-21-10-11-22(34-21)30-12-14-33-15-13-30)20-8-6-18(7-9-20)17-31-28-23(26-29-31)19-4-2-1-3-5-19/h1-11,16H,12-15,17H2,(H,27,32)/b25-16-. The molecule has 2 aromatic carbocycles. The third-order valence-corrected chi connectivity index (χ3v) is 6.40. The molecule has 1 fully saturated rings. The molecule has 34 heavy (non-hydrogen) atoms. The number of morpholine rings is 1. The summed E-state index contributed by atoms with van der Waals surface area (Å²) in [4.78, 5) is 17.2. The Morgan fingerprint density at radius 3 is 2.65 bits per heavy atom. The van der Waals surface area contributed by atoms with Gasteiger partial charge in [0.05, 0.1) is 31.0 Å². The summed E-state index contributed by atoms with van der Waals surface area (Å²) in [5.41, 5.74) is 5.00. The molecule has 0 unspecified atom stereocenters. The van der Waals surface area contributed by atoms with Crippen molar-refractivity contribution in [3.8, 4) is 11.4 Å². The van der Waals surface area contributed by atoms with Crippen LogP contribution in [-0.2, 0) is 11.3 Å². The second-order valence-corrected chi connectivity index (χ2v) is 8.77. The lowest BCUT2D eigenvalue weighted by molar-refractivity contribution is 0.0955. The number of benzene rings is 2. The van der Waals surface area contributed by atoms with Gasteiger partial charge in [0.15, 0.2) is 0 Å². The lowest BCUT2D eigenvalue weighted by atomic mass is 10.1. The zero-order valence-corrected chi connectivity index (χ0v) is 19.2. The van der Waals surface area contributed by atoms with Gasteiger partial charge in [-0.05, 0) is 35.0 Å². The van der Waals surface area contributed by atoms with E-state index in [1.54, 1.807) is 29.7 Å². The van der Waals surface area contributed by atoms with E-state index in [0.29, 0.717) is 17.9 Å². The monoisotopic (exact) mass is 473 g/mol. The van der Waals surface area contributed by atoms with Gasteiger partial charge in [0.2, 0.25) is 5.82 Å². The summed E-state index contributed by atoms with van der Waals surface area (Å²) < 4.78 is 5.39. The number of carbonyl (C=O) groups is 1. The first-order valence-corrected chi connectivity index (χ1v) is 11.7. The van der Waals surface area contributed by atoms with Crippen LogP contribution in [0.4, 0.5) is 5.00 Å². The molecular weight excluding hydrogens is 450 g/mol. The fourth-order valence-corrected chi connectivity index (χ4v) is 4.45. The number of nitrogens with one attached hydrogen (secondary N) is 1. The highest BCUT2D eigenvalue weighted by Crippen LogP contribution is 2.25. The molecule has 0 saturated carbocycles. The maximum atomic E-state index is 12.4. The first kappa shape index (κ1) is 21.9. The van der Waals surface area contributed by atoms with Crippen molar-refractivity contribution < 1.29 is 9.53 Å². The van der Waals surface area contributed by atoms with Crippen molar-refractivity contribution in [1.82, 2.24) is 25.6 Å². The summed E-state index contributed by atoms with van der Waals surface area (Å²) >= 11 is 1.64. The van der Waals surface area contributed by atoms with Crippen molar-refractivity contribution in [2.75, 3.05) is 31.2 Å². The van der Waals surface area contributed by atoms with E-state index in [1.807, 2.05) is 48.5 Å². The Morgan fingerprint density at radius 2 is 1.85 bits per heavy atom. The number of rotatable bonds is 7. The minimum Gasteiger partial charge on any atom is -0.378 e. The Hall–Kier alpha value is -3.89. The van der Waals surface area contributed by atoms with Crippen LogP contribution in [0.5, 0.6) is 0 Å². The highest BCUT2D eigenvalue weighted by molar-refractivity contribution is 7.17. The van der Waals surface area contributed by atoms with Gasteiger partial charge in [0.25, 0.3) is 5.91 Å². The Balaban J connectivity index is 1.14. The first-order chi connectivity index (χ1) is 16.7. The molecule has 1 N–H and O–H groups in total. The molecule has 1 aliphatic rings. The fraction of sp³-hybridized carbons (Fsp3) is 0.208. The molecule has 1 aliphatic heterocycles. The first-order valence-electron chi connectivity index (χ1n) is 10.9. The minimum atomic E-state index is -0.266. The molecular formula is C24H23N7O2S. The van der Waals surface area contributed by atoms with Crippen LogP contribution >= 0.6 is 11.3 Å². The molecule has 1 amide bonds. The van der Waals surface area contributed by atoms with Crippen molar-refractivity contribution in [2.24, 2.45) is 5.10 Å². The predicted octanol–water partition coefficient (Wildman–Crippen LogP) is 3.05. The smallest absolute Gasteiger partial charge is 0.271 e. The van der Waals surface area contributed by atoms with Gasteiger partial charge in [-0.2, -0.15) is 9.90 Å². The largest absolute Gasteiger partial charge is 0.378 e. The highest BCUT2D eigenvalue weighted by Gasteiger charge is 2.13. The maximum Gasteiger partial charge on any atom is 0.271 e. The second kappa shape index (κ2) is 10.4. The third kappa shape index (κ3) is 5.36. The van der Waals surface area contributed by atoms with Crippen LogP contribution < -0.4 is 10.3 Å². The van der Waals surface area contributed by atoms with Crippen LogP contribution in [0.1, 0.15) is 20.8 Å². The summed E-state index contributed by atoms with van der Waals surface area (Å²) in [6.07, 6.45) is 1.67. The van der Waals surface area contributed by atoms with Crippen molar-refractivity contribution in [3.63, 3.8) is 0 Å². The molecule has 0 atom stereocenters. The molecule has 10 heteroatoms. The molecule has 4 aromatic rings. The maximum absolute atomic E-state index is 12.4. The van der Waals surface area contributed by atoms with E-state index < -0.39 is 0 Å². The number of thiophene rings is 1. The van der Waals surface area contributed by atoms with E-state index in [9.17, 15) is 4.79 Å². The number of anilines is 1. The van der Waals surface area contributed by atoms with Gasteiger partial charge in [-0.25, -0.2) is 5.43 Å².